The van der Waals surface area contributed by atoms with Crippen LogP contribution in [0.15, 0.2) is 47.8 Å². The lowest BCUT2D eigenvalue weighted by Gasteiger charge is -2.27. The molecule has 1 aliphatic rings. The van der Waals surface area contributed by atoms with Gasteiger partial charge in [0.25, 0.3) is 5.91 Å². The SMILES string of the molecule is CN1C(=O)C(c2ccnc(CF)c2)(c2cc(F)c(F)c(-c3cnc(F)nc3)c2)N=C1N. The molecule has 0 aliphatic carbocycles. The fourth-order valence-corrected chi connectivity index (χ4v) is 3.42. The van der Waals surface area contributed by atoms with Gasteiger partial charge in [0.05, 0.1) is 5.69 Å². The molecular formula is C20H14F4N6O. The summed E-state index contributed by atoms with van der Waals surface area (Å²) in [6.45, 7) is -0.914. The summed E-state index contributed by atoms with van der Waals surface area (Å²) in [5.41, 5.74) is 3.73. The van der Waals surface area contributed by atoms with Crippen molar-refractivity contribution in [1.82, 2.24) is 19.9 Å². The zero-order chi connectivity index (χ0) is 22.3. The second kappa shape index (κ2) is 7.42. The number of hydrogen-bond donors (Lipinski definition) is 1. The third-order valence-electron chi connectivity index (χ3n) is 4.99. The highest BCUT2D eigenvalue weighted by Crippen LogP contribution is 2.41. The number of hydrogen-bond acceptors (Lipinski definition) is 6. The molecule has 0 spiro atoms. The quantitative estimate of drug-likeness (QED) is 0.507. The molecule has 2 aromatic heterocycles. The summed E-state index contributed by atoms with van der Waals surface area (Å²) in [5.74, 6) is -3.36. The first-order valence-electron chi connectivity index (χ1n) is 8.90. The number of nitrogens with two attached hydrogens (primary N) is 1. The van der Waals surface area contributed by atoms with Gasteiger partial charge in [-0.3, -0.25) is 14.7 Å². The van der Waals surface area contributed by atoms with E-state index >= 15 is 0 Å². The van der Waals surface area contributed by atoms with E-state index in [2.05, 4.69) is 19.9 Å². The predicted octanol–water partition coefficient (Wildman–Crippen LogP) is 2.46. The third kappa shape index (κ3) is 3.18. The van der Waals surface area contributed by atoms with Gasteiger partial charge in [-0.1, -0.05) is 0 Å². The highest BCUT2D eigenvalue weighted by atomic mass is 19.2. The molecular weight excluding hydrogens is 416 g/mol. The van der Waals surface area contributed by atoms with Crippen LogP contribution >= 0.6 is 0 Å². The molecule has 0 saturated heterocycles. The number of pyridine rings is 1. The van der Waals surface area contributed by atoms with Crippen LogP contribution in [0.2, 0.25) is 0 Å². The molecule has 11 heteroatoms. The van der Waals surface area contributed by atoms with E-state index in [1.54, 1.807) is 0 Å². The second-order valence-corrected chi connectivity index (χ2v) is 6.77. The Morgan fingerprint density at radius 1 is 1.06 bits per heavy atom. The molecule has 31 heavy (non-hydrogen) atoms. The van der Waals surface area contributed by atoms with Crippen LogP contribution in [-0.4, -0.2) is 38.8 Å². The van der Waals surface area contributed by atoms with Crippen LogP contribution in [0, 0.1) is 17.7 Å². The smallest absolute Gasteiger partial charge is 0.308 e. The van der Waals surface area contributed by atoms with Crippen LogP contribution in [0.1, 0.15) is 16.8 Å². The van der Waals surface area contributed by atoms with Gasteiger partial charge in [-0.25, -0.2) is 28.1 Å². The summed E-state index contributed by atoms with van der Waals surface area (Å²) >= 11 is 0. The van der Waals surface area contributed by atoms with Gasteiger partial charge in [-0.15, -0.1) is 0 Å². The minimum Gasteiger partial charge on any atom is -0.369 e. The third-order valence-corrected chi connectivity index (χ3v) is 4.99. The minimum absolute atomic E-state index is 0.0164. The molecule has 4 rings (SSSR count). The number of halogens is 4. The van der Waals surface area contributed by atoms with Gasteiger partial charge in [-0.05, 0) is 35.4 Å². The predicted molar refractivity (Wildman–Crippen MR) is 102 cm³/mol. The first kappa shape index (κ1) is 20.4. The fraction of sp³-hybridized carbons (Fsp3) is 0.150. The number of benzene rings is 1. The number of nitrogens with zero attached hydrogens (tertiary/aromatic N) is 5. The Balaban J connectivity index is 2.01. The molecule has 1 atom stereocenters. The Labute approximate surface area is 173 Å². The van der Waals surface area contributed by atoms with Gasteiger partial charge in [0.15, 0.2) is 23.1 Å². The maximum atomic E-state index is 14.6. The molecule has 0 saturated carbocycles. The average molecular weight is 430 g/mol. The highest BCUT2D eigenvalue weighted by molar-refractivity contribution is 6.09. The normalized spacial score (nSPS) is 18.4. The van der Waals surface area contributed by atoms with Crippen LogP contribution in [0.4, 0.5) is 17.6 Å². The highest BCUT2D eigenvalue weighted by Gasteiger charge is 2.50. The standard InChI is InChI=1S/C20H14F4N6O/c1-30-17(31)20(29-19(30)25,11-2-3-26-13(4-11)7-21)12-5-14(16(23)15(22)6-12)10-8-27-18(24)28-9-10/h2-6,8-9H,7H2,1H3,(H2,25,29). The zero-order valence-electron chi connectivity index (χ0n) is 16.0. The number of alkyl halides is 1. The first-order valence-corrected chi connectivity index (χ1v) is 8.90. The number of carbonyl (C=O) groups is 1. The van der Waals surface area contributed by atoms with Crippen LogP contribution in [0.25, 0.3) is 11.1 Å². The van der Waals surface area contributed by atoms with E-state index in [0.29, 0.717) is 0 Å². The Hall–Kier alpha value is -3.89. The number of guanidine groups is 1. The van der Waals surface area contributed by atoms with Crippen LogP contribution in [0.3, 0.4) is 0 Å². The summed E-state index contributed by atoms with van der Waals surface area (Å²) in [6, 6.07) is 4.70. The van der Waals surface area contributed by atoms with Crippen molar-refractivity contribution in [2.45, 2.75) is 12.2 Å². The summed E-state index contributed by atoms with van der Waals surface area (Å²) in [6.07, 6.45) is 2.19. The Morgan fingerprint density at radius 3 is 2.39 bits per heavy atom. The Kier molecular flexibility index (Phi) is 4.88. The fourth-order valence-electron chi connectivity index (χ4n) is 3.42. The van der Waals surface area contributed by atoms with E-state index in [1.165, 1.54) is 31.4 Å². The summed E-state index contributed by atoms with van der Waals surface area (Å²) in [7, 11) is 1.37. The van der Waals surface area contributed by atoms with Crippen molar-refractivity contribution >= 4 is 11.9 Å². The molecule has 2 N–H and O–H groups in total. The van der Waals surface area contributed by atoms with Crippen molar-refractivity contribution in [1.29, 1.82) is 0 Å². The summed E-state index contributed by atoms with van der Waals surface area (Å²) < 4.78 is 55.6. The van der Waals surface area contributed by atoms with Gasteiger partial charge in [0, 0.05) is 36.8 Å². The molecule has 1 aliphatic heterocycles. The number of amides is 1. The first-order chi connectivity index (χ1) is 14.8. The number of aliphatic imine (C=N–C) groups is 1. The van der Waals surface area contributed by atoms with E-state index < -0.39 is 35.8 Å². The van der Waals surface area contributed by atoms with E-state index in [-0.39, 0.29) is 33.9 Å². The maximum Gasteiger partial charge on any atom is 0.308 e. The molecule has 0 fully saturated rings. The van der Waals surface area contributed by atoms with Crippen molar-refractivity contribution in [2.24, 2.45) is 10.7 Å². The van der Waals surface area contributed by atoms with Crippen molar-refractivity contribution in [3.63, 3.8) is 0 Å². The van der Waals surface area contributed by atoms with E-state index in [1.807, 2.05) is 0 Å². The zero-order valence-corrected chi connectivity index (χ0v) is 16.0. The molecule has 7 nitrogen and oxygen atoms in total. The molecule has 3 aromatic rings. The molecule has 1 unspecified atom stereocenters. The second-order valence-electron chi connectivity index (χ2n) is 6.77. The van der Waals surface area contributed by atoms with Crippen molar-refractivity contribution < 1.29 is 22.4 Å². The lowest BCUT2D eigenvalue weighted by atomic mass is 9.81. The molecule has 158 valence electrons. The van der Waals surface area contributed by atoms with Gasteiger partial charge in [-0.2, -0.15) is 4.39 Å². The average Bonchev–Trinajstić information content (AvgIpc) is 3.01. The summed E-state index contributed by atoms with van der Waals surface area (Å²) in [4.78, 5) is 29.1. The maximum absolute atomic E-state index is 14.6. The Bertz CT molecular complexity index is 1220. The number of aromatic nitrogens is 3. The van der Waals surface area contributed by atoms with Crippen molar-refractivity contribution in [2.75, 3.05) is 7.05 Å². The van der Waals surface area contributed by atoms with Crippen molar-refractivity contribution in [3.8, 4) is 11.1 Å². The van der Waals surface area contributed by atoms with Crippen LogP contribution < -0.4 is 5.73 Å². The van der Waals surface area contributed by atoms with E-state index in [4.69, 9.17) is 5.73 Å². The van der Waals surface area contributed by atoms with Gasteiger partial charge < -0.3 is 5.73 Å². The Morgan fingerprint density at radius 2 is 1.77 bits per heavy atom. The molecule has 0 radical (unpaired) electrons. The van der Waals surface area contributed by atoms with Gasteiger partial charge >= 0.3 is 6.08 Å². The molecule has 0 bridgehead atoms. The van der Waals surface area contributed by atoms with Crippen LogP contribution in [-0.2, 0) is 17.0 Å². The molecule has 1 amide bonds. The van der Waals surface area contributed by atoms with E-state index in [9.17, 15) is 22.4 Å². The lowest BCUT2D eigenvalue weighted by Crippen LogP contribution is -2.41. The monoisotopic (exact) mass is 430 g/mol. The molecule has 1 aromatic carbocycles. The number of carbonyl (C=O) groups excluding carboxylic acids is 1. The topological polar surface area (TPSA) is 97.4 Å². The van der Waals surface area contributed by atoms with Gasteiger partial charge in [0.1, 0.15) is 6.67 Å². The van der Waals surface area contributed by atoms with Gasteiger partial charge in [0.2, 0.25) is 0 Å². The largest absolute Gasteiger partial charge is 0.369 e. The minimum atomic E-state index is -1.91. The van der Waals surface area contributed by atoms with E-state index in [0.717, 1.165) is 23.4 Å². The van der Waals surface area contributed by atoms with Crippen molar-refractivity contribution in [3.05, 3.63) is 77.4 Å². The van der Waals surface area contributed by atoms with Crippen LogP contribution in [0.5, 0.6) is 0 Å². The number of likely N-dealkylation sites (N-methyl/N-ethyl adjacent to an activating group) is 1. The lowest BCUT2D eigenvalue weighted by molar-refractivity contribution is -0.129. The summed E-state index contributed by atoms with van der Waals surface area (Å²) in [5, 5.41) is 0. The molecule has 3 heterocycles. The number of rotatable bonds is 4.